The Morgan fingerprint density at radius 3 is 2.56 bits per heavy atom. The molecule has 1 N–H and O–H groups in total. The van der Waals surface area contributed by atoms with E-state index < -0.39 is 12.0 Å². The smallest absolute Gasteiger partial charge is 0.338 e. The van der Waals surface area contributed by atoms with Crippen LogP contribution in [0.15, 0.2) is 48.5 Å². The van der Waals surface area contributed by atoms with Crippen molar-refractivity contribution in [2.24, 2.45) is 0 Å². The van der Waals surface area contributed by atoms with E-state index in [9.17, 15) is 14.4 Å². The fourth-order valence-electron chi connectivity index (χ4n) is 2.41. The molecule has 1 aliphatic rings. The number of rotatable bonds is 5. The first-order chi connectivity index (χ1) is 12.0. The zero-order chi connectivity index (χ0) is 17.8. The Balaban J connectivity index is 1.64. The second-order valence-electron chi connectivity index (χ2n) is 5.54. The molecule has 25 heavy (non-hydrogen) atoms. The highest BCUT2D eigenvalue weighted by Crippen LogP contribution is 2.14. The van der Waals surface area contributed by atoms with Crippen LogP contribution < -0.4 is 5.32 Å². The maximum absolute atomic E-state index is 12.2. The number of imide groups is 1. The van der Waals surface area contributed by atoms with E-state index in [-0.39, 0.29) is 25.6 Å². The van der Waals surface area contributed by atoms with Crippen molar-refractivity contribution in [1.29, 1.82) is 0 Å². The Morgan fingerprint density at radius 2 is 1.88 bits per heavy atom. The molecule has 0 aromatic heterocycles. The third kappa shape index (κ3) is 4.16. The maximum atomic E-state index is 12.2. The SMILES string of the molecule is O=C(OCc1ccc(Cl)cc1)c1cccc(CN2C(=O)CNC2=O)c1. The van der Waals surface area contributed by atoms with Gasteiger partial charge in [-0.25, -0.2) is 9.59 Å². The number of amides is 3. The van der Waals surface area contributed by atoms with Gasteiger partial charge in [-0.2, -0.15) is 0 Å². The quantitative estimate of drug-likeness (QED) is 0.658. The van der Waals surface area contributed by atoms with E-state index in [1.165, 1.54) is 0 Å². The van der Waals surface area contributed by atoms with Crippen LogP contribution in [0, 0.1) is 0 Å². The minimum Gasteiger partial charge on any atom is -0.457 e. The number of urea groups is 1. The van der Waals surface area contributed by atoms with Gasteiger partial charge in [0, 0.05) is 5.02 Å². The first-order valence-corrected chi connectivity index (χ1v) is 7.99. The molecular formula is C18H15ClN2O4. The zero-order valence-corrected chi connectivity index (χ0v) is 14.0. The van der Waals surface area contributed by atoms with Crippen LogP contribution in [0.4, 0.5) is 4.79 Å². The Labute approximate surface area is 149 Å². The summed E-state index contributed by atoms with van der Waals surface area (Å²) in [4.78, 5) is 36.5. The van der Waals surface area contributed by atoms with E-state index in [1.54, 1.807) is 48.5 Å². The normalized spacial score (nSPS) is 13.7. The van der Waals surface area contributed by atoms with Crippen LogP contribution in [0.1, 0.15) is 21.5 Å². The predicted octanol–water partition coefficient (Wildman–Crippen LogP) is 2.75. The van der Waals surface area contributed by atoms with Crippen molar-refractivity contribution in [2.45, 2.75) is 13.2 Å². The van der Waals surface area contributed by atoms with Crippen molar-refractivity contribution >= 4 is 29.5 Å². The zero-order valence-electron chi connectivity index (χ0n) is 13.2. The van der Waals surface area contributed by atoms with Gasteiger partial charge >= 0.3 is 12.0 Å². The van der Waals surface area contributed by atoms with E-state index in [4.69, 9.17) is 16.3 Å². The van der Waals surface area contributed by atoms with Gasteiger partial charge in [0.2, 0.25) is 5.91 Å². The minimum atomic E-state index is -0.478. The lowest BCUT2D eigenvalue weighted by Crippen LogP contribution is -2.30. The van der Waals surface area contributed by atoms with Gasteiger partial charge in [0.05, 0.1) is 18.7 Å². The van der Waals surface area contributed by atoms with Gasteiger partial charge in [-0.05, 0) is 35.4 Å². The number of nitrogens with one attached hydrogen (secondary N) is 1. The number of halogens is 1. The second kappa shape index (κ2) is 7.36. The number of hydrogen-bond acceptors (Lipinski definition) is 4. The summed E-state index contributed by atoms with van der Waals surface area (Å²) in [6.07, 6.45) is 0. The van der Waals surface area contributed by atoms with Crippen molar-refractivity contribution in [3.05, 3.63) is 70.2 Å². The van der Waals surface area contributed by atoms with Crippen LogP contribution in [0.2, 0.25) is 5.02 Å². The summed E-state index contributed by atoms with van der Waals surface area (Å²) in [5.41, 5.74) is 1.86. The lowest BCUT2D eigenvalue weighted by molar-refractivity contribution is -0.125. The molecule has 3 amide bonds. The number of esters is 1. The first kappa shape index (κ1) is 17.0. The van der Waals surface area contributed by atoms with Gasteiger partial charge in [-0.15, -0.1) is 0 Å². The van der Waals surface area contributed by atoms with E-state index in [2.05, 4.69) is 5.32 Å². The van der Waals surface area contributed by atoms with Crippen LogP contribution in [-0.4, -0.2) is 29.4 Å². The highest BCUT2D eigenvalue weighted by molar-refractivity contribution is 6.30. The molecule has 0 atom stereocenters. The molecule has 1 heterocycles. The summed E-state index contributed by atoms with van der Waals surface area (Å²) in [7, 11) is 0. The number of ether oxygens (including phenoxy) is 1. The van der Waals surface area contributed by atoms with E-state index in [1.807, 2.05) is 0 Å². The summed E-state index contributed by atoms with van der Waals surface area (Å²) in [6.45, 7) is 0.248. The summed E-state index contributed by atoms with van der Waals surface area (Å²) < 4.78 is 5.28. The third-order valence-electron chi connectivity index (χ3n) is 3.72. The van der Waals surface area contributed by atoms with Gasteiger partial charge in [0.15, 0.2) is 0 Å². The third-order valence-corrected chi connectivity index (χ3v) is 3.98. The first-order valence-electron chi connectivity index (χ1n) is 7.61. The lowest BCUT2D eigenvalue weighted by atomic mass is 10.1. The number of hydrogen-bond donors (Lipinski definition) is 1. The summed E-state index contributed by atoms with van der Waals surface area (Å²) >= 11 is 5.81. The Morgan fingerprint density at radius 1 is 1.12 bits per heavy atom. The Hall–Kier alpha value is -2.86. The summed E-state index contributed by atoms with van der Waals surface area (Å²) in [5, 5.41) is 3.07. The van der Waals surface area contributed by atoms with Gasteiger partial charge in [-0.1, -0.05) is 35.9 Å². The van der Waals surface area contributed by atoms with Gasteiger partial charge in [0.1, 0.15) is 6.61 Å². The van der Waals surface area contributed by atoms with Crippen molar-refractivity contribution in [3.63, 3.8) is 0 Å². The minimum absolute atomic E-state index is 0.00164. The van der Waals surface area contributed by atoms with Crippen LogP contribution in [0.3, 0.4) is 0 Å². The van der Waals surface area contributed by atoms with Gasteiger partial charge < -0.3 is 10.1 Å². The van der Waals surface area contributed by atoms with Crippen LogP contribution >= 0.6 is 11.6 Å². The molecule has 0 saturated carbocycles. The van der Waals surface area contributed by atoms with Crippen LogP contribution in [0.5, 0.6) is 0 Å². The summed E-state index contributed by atoms with van der Waals surface area (Å²) in [6, 6.07) is 13.3. The molecule has 0 aliphatic carbocycles. The topological polar surface area (TPSA) is 75.7 Å². The lowest BCUT2D eigenvalue weighted by Gasteiger charge is -2.13. The monoisotopic (exact) mass is 358 g/mol. The molecule has 3 rings (SSSR count). The molecule has 0 unspecified atom stereocenters. The number of carbonyl (C=O) groups is 3. The second-order valence-corrected chi connectivity index (χ2v) is 5.98. The molecule has 0 spiro atoms. The Bertz CT molecular complexity index is 804. The number of nitrogens with zero attached hydrogens (tertiary/aromatic N) is 1. The highest BCUT2D eigenvalue weighted by atomic mass is 35.5. The van der Waals surface area contributed by atoms with Crippen molar-refractivity contribution in [1.82, 2.24) is 10.2 Å². The molecule has 6 nitrogen and oxygen atoms in total. The van der Waals surface area contributed by atoms with Gasteiger partial charge in [0.25, 0.3) is 0 Å². The largest absolute Gasteiger partial charge is 0.457 e. The Kier molecular flexibility index (Phi) is 5.00. The predicted molar refractivity (Wildman–Crippen MR) is 91.0 cm³/mol. The van der Waals surface area contributed by atoms with E-state index in [0.717, 1.165) is 10.5 Å². The average molecular weight is 359 g/mol. The molecule has 2 aromatic rings. The van der Waals surface area contributed by atoms with E-state index in [0.29, 0.717) is 16.1 Å². The van der Waals surface area contributed by atoms with Crippen LogP contribution in [0.25, 0.3) is 0 Å². The van der Waals surface area contributed by atoms with Crippen molar-refractivity contribution in [3.8, 4) is 0 Å². The van der Waals surface area contributed by atoms with Gasteiger partial charge in [-0.3, -0.25) is 9.69 Å². The molecule has 1 aliphatic heterocycles. The fraction of sp³-hybridized carbons (Fsp3) is 0.167. The molecule has 1 saturated heterocycles. The molecule has 128 valence electrons. The standard InChI is InChI=1S/C18H15ClN2O4/c19-15-6-4-12(5-7-15)11-25-17(23)14-3-1-2-13(8-14)10-21-16(22)9-20-18(21)24/h1-8H,9-11H2,(H,20,24). The molecule has 1 fully saturated rings. The number of benzene rings is 2. The summed E-state index contributed by atoms with van der Waals surface area (Å²) in [5.74, 6) is -0.769. The fourth-order valence-corrected chi connectivity index (χ4v) is 2.53. The average Bonchev–Trinajstić information content (AvgIpc) is 2.93. The maximum Gasteiger partial charge on any atom is 0.338 e. The van der Waals surface area contributed by atoms with Crippen LogP contribution in [-0.2, 0) is 22.7 Å². The van der Waals surface area contributed by atoms with Crippen molar-refractivity contribution < 1.29 is 19.1 Å². The van der Waals surface area contributed by atoms with E-state index >= 15 is 0 Å². The molecule has 2 aromatic carbocycles. The molecule has 7 heteroatoms. The molecular weight excluding hydrogens is 344 g/mol. The molecule has 0 radical (unpaired) electrons. The molecule has 0 bridgehead atoms. The number of carbonyl (C=O) groups excluding carboxylic acids is 3. The highest BCUT2D eigenvalue weighted by Gasteiger charge is 2.28. The van der Waals surface area contributed by atoms with Crippen molar-refractivity contribution in [2.75, 3.05) is 6.54 Å².